The number of benzene rings is 2. The SMILES string of the molecule is Cc1ccc(/C=C/C(=O)N2CCC(C(=O)NCc3ccccc3)CC2)cc1. The van der Waals surface area contributed by atoms with Crippen LogP contribution in [0.3, 0.4) is 0 Å². The highest BCUT2D eigenvalue weighted by molar-refractivity contribution is 5.92. The Hall–Kier alpha value is -2.88. The van der Waals surface area contributed by atoms with Gasteiger partial charge in [0.05, 0.1) is 0 Å². The Morgan fingerprint density at radius 3 is 2.37 bits per heavy atom. The fraction of sp³-hybridized carbons (Fsp3) is 0.304. The third kappa shape index (κ3) is 5.55. The number of aryl methyl sites for hydroxylation is 1. The molecule has 1 fully saturated rings. The summed E-state index contributed by atoms with van der Waals surface area (Å²) in [6.07, 6.45) is 4.90. The standard InChI is InChI=1S/C23H26N2O2/c1-18-7-9-19(10-8-18)11-12-22(26)25-15-13-21(14-16-25)23(27)24-17-20-5-3-2-4-6-20/h2-12,21H,13-17H2,1H3,(H,24,27)/b12-11+. The van der Waals surface area contributed by atoms with Crippen molar-refractivity contribution in [3.8, 4) is 0 Å². The first-order valence-electron chi connectivity index (χ1n) is 9.47. The van der Waals surface area contributed by atoms with Gasteiger partial charge in [0.1, 0.15) is 0 Å². The van der Waals surface area contributed by atoms with Gasteiger partial charge in [-0.3, -0.25) is 9.59 Å². The molecule has 1 saturated heterocycles. The molecule has 0 aromatic heterocycles. The number of nitrogens with zero attached hydrogens (tertiary/aromatic N) is 1. The van der Waals surface area contributed by atoms with E-state index in [1.165, 1.54) is 5.56 Å². The second-order valence-corrected chi connectivity index (χ2v) is 7.05. The fourth-order valence-corrected chi connectivity index (χ4v) is 3.24. The van der Waals surface area contributed by atoms with E-state index in [0.29, 0.717) is 32.5 Å². The summed E-state index contributed by atoms with van der Waals surface area (Å²) in [5.74, 6) is 0.0821. The van der Waals surface area contributed by atoms with Crippen LogP contribution in [0.25, 0.3) is 6.08 Å². The average Bonchev–Trinajstić information content (AvgIpc) is 2.72. The molecule has 0 radical (unpaired) electrons. The molecule has 140 valence electrons. The lowest BCUT2D eigenvalue weighted by Gasteiger charge is -2.30. The van der Waals surface area contributed by atoms with Crippen molar-refractivity contribution in [2.75, 3.05) is 13.1 Å². The largest absolute Gasteiger partial charge is 0.352 e. The van der Waals surface area contributed by atoms with E-state index in [4.69, 9.17) is 0 Å². The molecular weight excluding hydrogens is 336 g/mol. The van der Waals surface area contributed by atoms with Gasteiger partial charge >= 0.3 is 0 Å². The zero-order chi connectivity index (χ0) is 19.1. The van der Waals surface area contributed by atoms with E-state index < -0.39 is 0 Å². The molecule has 2 aromatic carbocycles. The molecule has 2 amide bonds. The van der Waals surface area contributed by atoms with Crippen LogP contribution in [0.5, 0.6) is 0 Å². The molecule has 1 aliphatic rings. The molecule has 3 rings (SSSR count). The first-order chi connectivity index (χ1) is 13.1. The number of rotatable bonds is 5. The monoisotopic (exact) mass is 362 g/mol. The second kappa shape index (κ2) is 9.17. The van der Waals surface area contributed by atoms with Crippen LogP contribution in [0.4, 0.5) is 0 Å². The highest BCUT2D eigenvalue weighted by Crippen LogP contribution is 2.18. The molecule has 0 atom stereocenters. The Morgan fingerprint density at radius 1 is 1.04 bits per heavy atom. The molecule has 0 bridgehead atoms. The van der Waals surface area contributed by atoms with E-state index in [1.54, 1.807) is 6.08 Å². The number of amides is 2. The summed E-state index contributed by atoms with van der Waals surface area (Å²) >= 11 is 0. The topological polar surface area (TPSA) is 49.4 Å². The van der Waals surface area contributed by atoms with E-state index in [1.807, 2.05) is 72.5 Å². The molecule has 0 aliphatic carbocycles. The molecule has 4 nitrogen and oxygen atoms in total. The van der Waals surface area contributed by atoms with Crippen LogP contribution in [0.15, 0.2) is 60.7 Å². The van der Waals surface area contributed by atoms with Gasteiger partial charge in [-0.15, -0.1) is 0 Å². The van der Waals surface area contributed by atoms with Gasteiger partial charge in [-0.25, -0.2) is 0 Å². The van der Waals surface area contributed by atoms with Crippen LogP contribution < -0.4 is 5.32 Å². The van der Waals surface area contributed by atoms with Crippen molar-refractivity contribution < 1.29 is 9.59 Å². The second-order valence-electron chi connectivity index (χ2n) is 7.05. The lowest BCUT2D eigenvalue weighted by molar-refractivity contribution is -0.132. The molecule has 0 saturated carbocycles. The predicted molar refractivity (Wildman–Crippen MR) is 108 cm³/mol. The summed E-state index contributed by atoms with van der Waals surface area (Å²) in [5.41, 5.74) is 3.31. The maximum atomic E-state index is 12.4. The van der Waals surface area contributed by atoms with Crippen molar-refractivity contribution in [1.29, 1.82) is 0 Å². The zero-order valence-electron chi connectivity index (χ0n) is 15.7. The lowest BCUT2D eigenvalue weighted by atomic mass is 9.95. The Bertz CT molecular complexity index is 789. The third-order valence-electron chi connectivity index (χ3n) is 4.98. The van der Waals surface area contributed by atoms with Gasteiger partial charge in [0.15, 0.2) is 0 Å². The van der Waals surface area contributed by atoms with Gasteiger partial charge in [0, 0.05) is 31.6 Å². The highest BCUT2D eigenvalue weighted by Gasteiger charge is 2.26. The summed E-state index contributed by atoms with van der Waals surface area (Å²) in [6, 6.07) is 18.0. The van der Waals surface area contributed by atoms with Crippen molar-refractivity contribution in [2.45, 2.75) is 26.3 Å². The van der Waals surface area contributed by atoms with Crippen molar-refractivity contribution in [1.82, 2.24) is 10.2 Å². The van der Waals surface area contributed by atoms with Crippen molar-refractivity contribution in [3.63, 3.8) is 0 Å². The molecule has 0 unspecified atom stereocenters. The number of carbonyl (C=O) groups excluding carboxylic acids is 2. The molecule has 27 heavy (non-hydrogen) atoms. The van der Waals surface area contributed by atoms with E-state index >= 15 is 0 Å². The van der Waals surface area contributed by atoms with Gasteiger partial charge in [-0.1, -0.05) is 60.2 Å². The van der Waals surface area contributed by atoms with Crippen LogP contribution in [0.1, 0.15) is 29.5 Å². The highest BCUT2D eigenvalue weighted by atomic mass is 16.2. The first kappa shape index (κ1) is 18.9. The smallest absolute Gasteiger partial charge is 0.246 e. The van der Waals surface area contributed by atoms with Crippen LogP contribution in [0, 0.1) is 12.8 Å². The fourth-order valence-electron chi connectivity index (χ4n) is 3.24. The summed E-state index contributed by atoms with van der Waals surface area (Å²) in [7, 11) is 0. The number of hydrogen-bond donors (Lipinski definition) is 1. The summed E-state index contributed by atoms with van der Waals surface area (Å²) in [5, 5.41) is 3.01. The third-order valence-corrected chi connectivity index (χ3v) is 4.98. The minimum absolute atomic E-state index is 0.0127. The van der Waals surface area contributed by atoms with Crippen LogP contribution in [-0.4, -0.2) is 29.8 Å². The zero-order valence-corrected chi connectivity index (χ0v) is 15.7. The quantitative estimate of drug-likeness (QED) is 0.827. The number of piperidine rings is 1. The molecular formula is C23H26N2O2. The van der Waals surface area contributed by atoms with Gasteiger partial charge in [-0.2, -0.15) is 0 Å². The predicted octanol–water partition coefficient (Wildman–Crippen LogP) is 3.56. The molecule has 4 heteroatoms. The summed E-state index contributed by atoms with van der Waals surface area (Å²) in [4.78, 5) is 26.5. The number of nitrogens with one attached hydrogen (secondary N) is 1. The van der Waals surface area contributed by atoms with Crippen LogP contribution in [-0.2, 0) is 16.1 Å². The van der Waals surface area contributed by atoms with E-state index in [9.17, 15) is 9.59 Å². The van der Waals surface area contributed by atoms with Crippen molar-refractivity contribution >= 4 is 17.9 Å². The minimum Gasteiger partial charge on any atom is -0.352 e. The van der Waals surface area contributed by atoms with Gasteiger partial charge < -0.3 is 10.2 Å². The Balaban J connectivity index is 1.44. The first-order valence-corrected chi connectivity index (χ1v) is 9.47. The lowest BCUT2D eigenvalue weighted by Crippen LogP contribution is -2.42. The Kier molecular flexibility index (Phi) is 6.42. The normalized spacial score (nSPS) is 15.1. The molecule has 1 aliphatic heterocycles. The van der Waals surface area contributed by atoms with Crippen LogP contribution in [0.2, 0.25) is 0 Å². The van der Waals surface area contributed by atoms with E-state index in [2.05, 4.69) is 5.32 Å². The number of hydrogen-bond acceptors (Lipinski definition) is 2. The Labute approximate surface area is 160 Å². The van der Waals surface area contributed by atoms with Gasteiger partial charge in [-0.05, 0) is 37.0 Å². The molecule has 2 aromatic rings. The maximum absolute atomic E-state index is 12.4. The molecule has 0 spiro atoms. The Morgan fingerprint density at radius 2 is 1.70 bits per heavy atom. The molecule has 1 N–H and O–H groups in total. The van der Waals surface area contributed by atoms with Gasteiger partial charge in [0.25, 0.3) is 0 Å². The van der Waals surface area contributed by atoms with E-state index in [-0.39, 0.29) is 17.7 Å². The van der Waals surface area contributed by atoms with Crippen molar-refractivity contribution in [3.05, 3.63) is 77.4 Å². The van der Waals surface area contributed by atoms with E-state index in [0.717, 1.165) is 11.1 Å². The minimum atomic E-state index is -0.0150. The summed E-state index contributed by atoms with van der Waals surface area (Å²) in [6.45, 7) is 3.85. The maximum Gasteiger partial charge on any atom is 0.246 e. The van der Waals surface area contributed by atoms with Gasteiger partial charge in [0.2, 0.25) is 11.8 Å². The average molecular weight is 362 g/mol. The number of carbonyl (C=O) groups is 2. The molecule has 1 heterocycles. The van der Waals surface area contributed by atoms with Crippen LogP contribution >= 0.6 is 0 Å². The number of likely N-dealkylation sites (tertiary alicyclic amines) is 1. The summed E-state index contributed by atoms with van der Waals surface area (Å²) < 4.78 is 0. The van der Waals surface area contributed by atoms with Crippen molar-refractivity contribution in [2.24, 2.45) is 5.92 Å².